The molecule has 0 saturated heterocycles. The van der Waals surface area contributed by atoms with Crippen LogP contribution in [0, 0.1) is 23.7 Å². The Kier molecular flexibility index (Phi) is 18.2. The second kappa shape index (κ2) is 20.6. The van der Waals surface area contributed by atoms with Crippen molar-refractivity contribution in [3.63, 3.8) is 0 Å². The maximum atomic E-state index is 10.9. The number of allylic oxidation sites excluding steroid dienone is 2. The normalized spacial score (nSPS) is 17.2. The van der Waals surface area contributed by atoms with Crippen molar-refractivity contribution in [2.45, 2.75) is 128 Å². The fourth-order valence-electron chi connectivity index (χ4n) is 5.62. The molecule has 0 spiro atoms. The van der Waals surface area contributed by atoms with Gasteiger partial charge < -0.3 is 20.4 Å². The summed E-state index contributed by atoms with van der Waals surface area (Å²) in [5.74, 6) is -5.96. The van der Waals surface area contributed by atoms with Gasteiger partial charge in [-0.05, 0) is 50.4 Å². The SMILES string of the molecule is O=C(O)C(CCCCCCCCCC1CC=CCC1CCCCCCCCCC(C(=O)O)C(=O)O)C(=O)O. The Morgan fingerprint density at radius 2 is 0.737 bits per heavy atom. The van der Waals surface area contributed by atoms with Crippen LogP contribution in [0.4, 0.5) is 0 Å². The highest BCUT2D eigenvalue weighted by Crippen LogP contribution is 2.34. The second-order valence-electron chi connectivity index (χ2n) is 11.0. The van der Waals surface area contributed by atoms with E-state index in [1.54, 1.807) is 0 Å². The second-order valence-corrected chi connectivity index (χ2v) is 11.0. The summed E-state index contributed by atoms with van der Waals surface area (Å²) in [7, 11) is 0. The van der Waals surface area contributed by atoms with Crippen molar-refractivity contribution in [1.29, 1.82) is 0 Å². The molecule has 0 radical (unpaired) electrons. The van der Waals surface area contributed by atoms with E-state index in [2.05, 4.69) is 12.2 Å². The van der Waals surface area contributed by atoms with Gasteiger partial charge >= 0.3 is 23.9 Å². The third-order valence-electron chi connectivity index (χ3n) is 8.04. The van der Waals surface area contributed by atoms with Gasteiger partial charge in [0.05, 0.1) is 0 Å². The summed E-state index contributed by atoms with van der Waals surface area (Å²) in [4.78, 5) is 43.6. The van der Waals surface area contributed by atoms with Crippen LogP contribution >= 0.6 is 0 Å². The Hall–Kier alpha value is -2.38. The van der Waals surface area contributed by atoms with Crippen molar-refractivity contribution >= 4 is 23.9 Å². The molecule has 0 heterocycles. The Labute approximate surface area is 227 Å². The van der Waals surface area contributed by atoms with E-state index in [-0.39, 0.29) is 12.8 Å². The number of unbranched alkanes of at least 4 members (excludes halogenated alkanes) is 12. The number of carbonyl (C=O) groups is 4. The molecule has 1 rings (SSSR count). The highest BCUT2D eigenvalue weighted by atomic mass is 16.4. The van der Waals surface area contributed by atoms with Crippen molar-refractivity contribution in [2.24, 2.45) is 23.7 Å². The molecule has 8 nitrogen and oxygen atoms in total. The molecule has 0 saturated carbocycles. The lowest BCUT2D eigenvalue weighted by Crippen LogP contribution is -2.23. The Morgan fingerprint density at radius 1 is 0.474 bits per heavy atom. The van der Waals surface area contributed by atoms with E-state index in [0.717, 1.165) is 50.4 Å². The highest BCUT2D eigenvalue weighted by Gasteiger charge is 2.25. The van der Waals surface area contributed by atoms with Crippen molar-refractivity contribution in [1.82, 2.24) is 0 Å². The van der Waals surface area contributed by atoms with Gasteiger partial charge in [0.15, 0.2) is 11.8 Å². The molecule has 0 aliphatic heterocycles. The van der Waals surface area contributed by atoms with Gasteiger partial charge in [0.2, 0.25) is 0 Å². The van der Waals surface area contributed by atoms with Crippen LogP contribution in [0.3, 0.4) is 0 Å². The molecule has 1 aliphatic carbocycles. The number of rotatable bonds is 24. The molecule has 0 aromatic heterocycles. The first-order valence-corrected chi connectivity index (χ1v) is 14.8. The van der Waals surface area contributed by atoms with Crippen LogP contribution in [-0.4, -0.2) is 44.3 Å². The lowest BCUT2D eigenvalue weighted by Gasteiger charge is -2.28. The van der Waals surface area contributed by atoms with E-state index in [1.165, 1.54) is 64.2 Å². The molecule has 0 amide bonds. The Balaban J connectivity index is 2.05. The van der Waals surface area contributed by atoms with Gasteiger partial charge in [-0.3, -0.25) is 19.2 Å². The van der Waals surface area contributed by atoms with Crippen LogP contribution in [0.15, 0.2) is 12.2 Å². The molecule has 0 fully saturated rings. The summed E-state index contributed by atoms with van der Waals surface area (Å²) >= 11 is 0. The predicted molar refractivity (Wildman–Crippen MR) is 146 cm³/mol. The number of carboxylic acid groups (broad SMARTS) is 4. The minimum absolute atomic E-state index is 0.213. The van der Waals surface area contributed by atoms with Crippen LogP contribution in [0.2, 0.25) is 0 Å². The van der Waals surface area contributed by atoms with Gasteiger partial charge in [-0.15, -0.1) is 0 Å². The lowest BCUT2D eigenvalue weighted by molar-refractivity contribution is -0.156. The van der Waals surface area contributed by atoms with E-state index < -0.39 is 35.7 Å². The number of aliphatic carboxylic acids is 4. The maximum absolute atomic E-state index is 10.9. The minimum Gasteiger partial charge on any atom is -0.481 e. The molecule has 218 valence electrons. The van der Waals surface area contributed by atoms with Crippen molar-refractivity contribution < 1.29 is 39.6 Å². The molecule has 1 aliphatic rings. The molecular weight excluding hydrogens is 488 g/mol. The van der Waals surface area contributed by atoms with Crippen LogP contribution in [0.5, 0.6) is 0 Å². The molecule has 8 heteroatoms. The predicted octanol–water partition coefficient (Wildman–Crippen LogP) is 7.16. The fraction of sp³-hybridized carbons (Fsp3) is 0.800. The molecular formula is C30H50O8. The topological polar surface area (TPSA) is 149 Å². The van der Waals surface area contributed by atoms with Crippen LogP contribution in [-0.2, 0) is 19.2 Å². The zero-order valence-corrected chi connectivity index (χ0v) is 23.0. The number of hydrogen-bond acceptors (Lipinski definition) is 4. The van der Waals surface area contributed by atoms with E-state index >= 15 is 0 Å². The quantitative estimate of drug-likeness (QED) is 0.0574. The molecule has 4 N–H and O–H groups in total. The Morgan fingerprint density at radius 3 is 1.03 bits per heavy atom. The monoisotopic (exact) mass is 538 g/mol. The number of carboxylic acids is 4. The van der Waals surface area contributed by atoms with Gasteiger partial charge in [0, 0.05) is 0 Å². The molecule has 0 aromatic carbocycles. The summed E-state index contributed by atoms with van der Waals surface area (Å²) in [6.07, 6.45) is 24.7. The van der Waals surface area contributed by atoms with Gasteiger partial charge in [-0.2, -0.15) is 0 Å². The summed E-state index contributed by atoms with van der Waals surface area (Å²) in [6, 6.07) is 0. The third-order valence-corrected chi connectivity index (χ3v) is 8.04. The molecule has 0 bridgehead atoms. The first-order valence-electron chi connectivity index (χ1n) is 14.8. The van der Waals surface area contributed by atoms with Gasteiger partial charge in [0.1, 0.15) is 0 Å². The summed E-state index contributed by atoms with van der Waals surface area (Å²) in [5.41, 5.74) is 0. The summed E-state index contributed by atoms with van der Waals surface area (Å²) < 4.78 is 0. The molecule has 2 unspecified atom stereocenters. The third kappa shape index (κ3) is 15.1. The average Bonchev–Trinajstić information content (AvgIpc) is 2.86. The zero-order chi connectivity index (χ0) is 28.2. The standard InChI is InChI=1S/C30H50O8/c31-27(32)25(28(33)34)21-13-9-5-1-3-7-11-17-23-19-15-16-20-24(23)18-12-8-4-2-6-10-14-22-26(29(35)36)30(37)38/h15-16,23-26H,1-14,17-22H2,(H,31,32)(H,33,34)(H,35,36)(H,37,38). The average molecular weight is 539 g/mol. The van der Waals surface area contributed by atoms with Crippen LogP contribution in [0.1, 0.15) is 128 Å². The largest absolute Gasteiger partial charge is 0.481 e. The van der Waals surface area contributed by atoms with Crippen molar-refractivity contribution in [2.75, 3.05) is 0 Å². The van der Waals surface area contributed by atoms with E-state index in [1.807, 2.05) is 0 Å². The van der Waals surface area contributed by atoms with Crippen molar-refractivity contribution in [3.05, 3.63) is 12.2 Å². The van der Waals surface area contributed by atoms with Crippen LogP contribution < -0.4 is 0 Å². The summed E-state index contributed by atoms with van der Waals surface area (Å²) in [6.45, 7) is 0. The first-order chi connectivity index (χ1) is 18.2. The van der Waals surface area contributed by atoms with E-state index in [0.29, 0.717) is 12.8 Å². The maximum Gasteiger partial charge on any atom is 0.317 e. The fourth-order valence-corrected chi connectivity index (χ4v) is 5.62. The number of hydrogen-bond donors (Lipinski definition) is 4. The van der Waals surface area contributed by atoms with Gasteiger partial charge in [0.25, 0.3) is 0 Å². The minimum atomic E-state index is -1.27. The highest BCUT2D eigenvalue weighted by molar-refractivity contribution is 5.93. The van der Waals surface area contributed by atoms with Gasteiger partial charge in [-0.25, -0.2) is 0 Å². The van der Waals surface area contributed by atoms with E-state index in [4.69, 9.17) is 20.4 Å². The first kappa shape index (κ1) is 33.6. The molecule has 38 heavy (non-hydrogen) atoms. The summed E-state index contributed by atoms with van der Waals surface area (Å²) in [5, 5.41) is 35.6. The van der Waals surface area contributed by atoms with Crippen molar-refractivity contribution in [3.8, 4) is 0 Å². The zero-order valence-electron chi connectivity index (χ0n) is 23.0. The molecule has 0 aromatic rings. The lowest BCUT2D eigenvalue weighted by atomic mass is 9.77. The Bertz CT molecular complexity index is 644. The molecule has 2 atom stereocenters. The smallest absolute Gasteiger partial charge is 0.317 e. The van der Waals surface area contributed by atoms with Gasteiger partial charge in [-0.1, -0.05) is 102 Å². The van der Waals surface area contributed by atoms with Crippen LogP contribution in [0.25, 0.3) is 0 Å². The van der Waals surface area contributed by atoms with E-state index in [9.17, 15) is 19.2 Å².